The van der Waals surface area contributed by atoms with Crippen molar-refractivity contribution in [1.82, 2.24) is 15.2 Å². The van der Waals surface area contributed by atoms with Crippen LogP contribution in [0.3, 0.4) is 0 Å². The van der Waals surface area contributed by atoms with Crippen LogP contribution in [0.2, 0.25) is 0 Å². The molecule has 3 aromatic carbocycles. The van der Waals surface area contributed by atoms with Crippen molar-refractivity contribution in [3.05, 3.63) is 96.2 Å². The van der Waals surface area contributed by atoms with E-state index < -0.39 is 16.1 Å². The highest BCUT2D eigenvalue weighted by Gasteiger charge is 2.24. The third kappa shape index (κ3) is 6.91. The Bertz CT molecular complexity index is 1590. The van der Waals surface area contributed by atoms with Crippen LogP contribution in [0.25, 0.3) is 10.9 Å². The molecule has 1 aliphatic carbocycles. The lowest BCUT2D eigenvalue weighted by Gasteiger charge is -2.28. The van der Waals surface area contributed by atoms with Gasteiger partial charge in [-0.2, -0.15) is 0 Å². The molecule has 40 heavy (non-hydrogen) atoms. The largest absolute Gasteiger partial charge is 0.387 e. The van der Waals surface area contributed by atoms with Crippen molar-refractivity contribution in [3.63, 3.8) is 0 Å². The number of aryl methyl sites for hydroxylation is 1. The number of sulfonamides is 1. The molecule has 0 radical (unpaired) electrons. The van der Waals surface area contributed by atoms with E-state index in [1.165, 1.54) is 12.1 Å². The molecular formula is C31H36N4O4S. The summed E-state index contributed by atoms with van der Waals surface area (Å²) in [5.41, 5.74) is 2.51. The molecule has 1 aliphatic rings. The molecule has 1 heterocycles. The van der Waals surface area contributed by atoms with E-state index in [0.717, 1.165) is 36.7 Å². The molecule has 0 aliphatic heterocycles. The molecule has 1 fully saturated rings. The molecule has 1 saturated carbocycles. The first-order valence-corrected chi connectivity index (χ1v) is 15.1. The molecule has 1 aromatic heterocycles. The van der Waals surface area contributed by atoms with E-state index in [-0.39, 0.29) is 16.3 Å². The molecule has 210 valence electrons. The zero-order valence-electron chi connectivity index (χ0n) is 22.8. The topological polar surface area (TPSA) is 112 Å². The van der Waals surface area contributed by atoms with Gasteiger partial charge in [-0.15, -0.1) is 0 Å². The number of hydrogen-bond acceptors (Lipinski definition) is 5. The maximum atomic E-state index is 12.7. The van der Waals surface area contributed by atoms with Gasteiger partial charge in [-0.25, -0.2) is 8.42 Å². The summed E-state index contributed by atoms with van der Waals surface area (Å²) >= 11 is 0. The normalized spacial score (nSPS) is 14.7. The maximum absolute atomic E-state index is 12.7. The lowest BCUT2D eigenvalue weighted by Crippen LogP contribution is -2.42. The van der Waals surface area contributed by atoms with Gasteiger partial charge in [-0.05, 0) is 87.2 Å². The Hall–Kier alpha value is -3.66. The number of carbonyl (C=O) groups excluding carboxylic acids is 1. The second-order valence-corrected chi connectivity index (χ2v) is 12.8. The number of aromatic nitrogens is 1. The third-order valence-corrected chi connectivity index (χ3v) is 8.67. The molecule has 1 atom stereocenters. The van der Waals surface area contributed by atoms with E-state index in [4.69, 9.17) is 0 Å². The van der Waals surface area contributed by atoms with Crippen molar-refractivity contribution < 1.29 is 18.3 Å². The molecular weight excluding hydrogens is 524 g/mol. The second kappa shape index (κ2) is 11.4. The molecule has 0 saturated heterocycles. The van der Waals surface area contributed by atoms with Crippen molar-refractivity contribution >= 4 is 32.5 Å². The van der Waals surface area contributed by atoms with Crippen LogP contribution in [0.5, 0.6) is 0 Å². The zero-order chi connectivity index (χ0) is 28.3. The predicted octanol–water partition coefficient (Wildman–Crippen LogP) is 4.83. The number of aliphatic hydroxyl groups excluding tert-OH is 1. The number of hydrogen-bond donors (Lipinski definition) is 4. The fourth-order valence-electron chi connectivity index (χ4n) is 4.64. The molecule has 8 nitrogen and oxygen atoms in total. The van der Waals surface area contributed by atoms with Gasteiger partial charge in [0.1, 0.15) is 0 Å². The van der Waals surface area contributed by atoms with Gasteiger partial charge >= 0.3 is 0 Å². The Balaban J connectivity index is 1.16. The summed E-state index contributed by atoms with van der Waals surface area (Å²) in [5, 5.41) is 18.4. The number of nitrogens with zero attached hydrogens (tertiary/aromatic N) is 1. The van der Waals surface area contributed by atoms with Gasteiger partial charge in [0, 0.05) is 53.0 Å². The van der Waals surface area contributed by atoms with Gasteiger partial charge in [0.15, 0.2) is 0 Å². The predicted molar refractivity (Wildman–Crippen MR) is 158 cm³/mol. The summed E-state index contributed by atoms with van der Waals surface area (Å²) in [7, 11) is -3.71. The molecule has 0 unspecified atom stereocenters. The number of β-amino-alcohol motifs (C(OH)–C–C–N with tert-alkyl or cyclic N) is 1. The van der Waals surface area contributed by atoms with Crippen LogP contribution in [0, 0.1) is 0 Å². The smallest absolute Gasteiger partial charge is 0.261 e. The van der Waals surface area contributed by atoms with Gasteiger partial charge in [0.05, 0.1) is 11.0 Å². The maximum Gasteiger partial charge on any atom is 0.261 e. The van der Waals surface area contributed by atoms with Gasteiger partial charge in [-0.1, -0.05) is 30.3 Å². The summed E-state index contributed by atoms with van der Waals surface area (Å²) in [6.45, 7) is 5.27. The summed E-state index contributed by atoms with van der Waals surface area (Å²) in [6, 6.07) is 23.2. The van der Waals surface area contributed by atoms with E-state index in [0.29, 0.717) is 29.4 Å². The Morgan fingerprint density at radius 1 is 1.02 bits per heavy atom. The summed E-state index contributed by atoms with van der Waals surface area (Å²) < 4.78 is 30.1. The highest BCUT2D eigenvalue weighted by atomic mass is 32.2. The number of amides is 1. The van der Waals surface area contributed by atoms with Crippen LogP contribution in [0.4, 0.5) is 5.69 Å². The van der Waals surface area contributed by atoms with Crippen LogP contribution in [-0.2, 0) is 16.6 Å². The van der Waals surface area contributed by atoms with Crippen LogP contribution in [0.1, 0.15) is 55.1 Å². The number of aliphatic hydroxyl groups is 1. The number of nitrogens with one attached hydrogen (secondary N) is 3. The molecule has 5 rings (SSSR count). The summed E-state index contributed by atoms with van der Waals surface area (Å²) in [5.74, 6) is -0.0137. The Kier molecular flexibility index (Phi) is 7.98. The molecule has 4 aromatic rings. The Morgan fingerprint density at radius 3 is 2.55 bits per heavy atom. The number of benzene rings is 3. The van der Waals surface area contributed by atoms with Gasteiger partial charge in [0.25, 0.3) is 15.9 Å². The van der Waals surface area contributed by atoms with Crippen LogP contribution in [-0.4, -0.2) is 42.1 Å². The summed E-state index contributed by atoms with van der Waals surface area (Å²) in [4.78, 5) is 12.6. The van der Waals surface area contributed by atoms with Crippen LogP contribution < -0.4 is 15.4 Å². The van der Waals surface area contributed by atoms with E-state index >= 15 is 0 Å². The lowest BCUT2D eigenvalue weighted by molar-refractivity contribution is 0.0951. The number of fused-ring (bicyclic) bond motifs is 1. The minimum absolute atomic E-state index is 0.0137. The van der Waals surface area contributed by atoms with Gasteiger partial charge < -0.3 is 20.3 Å². The van der Waals surface area contributed by atoms with Gasteiger partial charge in [-0.3, -0.25) is 9.52 Å². The van der Waals surface area contributed by atoms with Crippen molar-refractivity contribution in [3.8, 4) is 0 Å². The van der Waals surface area contributed by atoms with E-state index in [1.807, 2.05) is 30.5 Å². The van der Waals surface area contributed by atoms with Crippen molar-refractivity contribution in [2.24, 2.45) is 0 Å². The third-order valence-electron chi connectivity index (χ3n) is 7.27. The number of carbonyl (C=O) groups is 1. The SMILES string of the molecule is CC(C)(CCn1ccc2cc(C(=O)NC3CC3)ccc21)NC[C@H](O)c1cccc(NS(=O)(=O)c2ccccc2)c1. The molecule has 1 amide bonds. The highest BCUT2D eigenvalue weighted by molar-refractivity contribution is 7.92. The van der Waals surface area contributed by atoms with Crippen LogP contribution >= 0.6 is 0 Å². The monoisotopic (exact) mass is 560 g/mol. The van der Waals surface area contributed by atoms with Crippen molar-refractivity contribution in [2.75, 3.05) is 11.3 Å². The zero-order valence-corrected chi connectivity index (χ0v) is 23.6. The summed E-state index contributed by atoms with van der Waals surface area (Å²) in [6.07, 6.45) is 4.17. The molecule has 0 spiro atoms. The molecule has 4 N–H and O–H groups in total. The Morgan fingerprint density at radius 2 is 1.80 bits per heavy atom. The quantitative estimate of drug-likeness (QED) is 0.198. The average molecular weight is 561 g/mol. The average Bonchev–Trinajstić information content (AvgIpc) is 3.67. The molecule has 9 heteroatoms. The number of rotatable bonds is 12. The first-order chi connectivity index (χ1) is 19.1. The van der Waals surface area contributed by atoms with Crippen LogP contribution in [0.15, 0.2) is 90.0 Å². The minimum atomic E-state index is -3.71. The fraction of sp³-hybridized carbons (Fsp3) is 0.323. The van der Waals surface area contributed by atoms with E-state index in [2.05, 4.69) is 33.8 Å². The fourth-order valence-corrected chi connectivity index (χ4v) is 5.71. The van der Waals surface area contributed by atoms with E-state index in [1.54, 1.807) is 42.5 Å². The molecule has 0 bridgehead atoms. The minimum Gasteiger partial charge on any atom is -0.387 e. The first kappa shape index (κ1) is 27.9. The highest BCUT2D eigenvalue weighted by Crippen LogP contribution is 2.24. The van der Waals surface area contributed by atoms with E-state index in [9.17, 15) is 18.3 Å². The lowest BCUT2D eigenvalue weighted by atomic mass is 9.99. The van der Waals surface area contributed by atoms with Crippen molar-refractivity contribution in [1.29, 1.82) is 0 Å². The van der Waals surface area contributed by atoms with Crippen molar-refractivity contribution in [2.45, 2.75) is 62.2 Å². The van der Waals surface area contributed by atoms with Gasteiger partial charge in [0.2, 0.25) is 0 Å². The number of anilines is 1. The Labute approximate surface area is 235 Å². The standard InChI is InChI=1S/C31H36N4O4S/c1-31(2,16-18-35-17-15-22-19-24(11-14-28(22)35)30(37)33-25-12-13-25)32-21-29(36)23-7-6-8-26(20-23)34-40(38,39)27-9-4-3-5-10-27/h3-11,14-15,17,19-20,25,29,32,34,36H,12-13,16,18,21H2,1-2H3,(H,33,37)/t29-/m0/s1. The second-order valence-electron chi connectivity index (χ2n) is 11.1. The first-order valence-electron chi connectivity index (χ1n) is 13.6.